The first kappa shape index (κ1) is 13.7. The number of nitrogens with zero attached hydrogens (tertiary/aromatic N) is 3. The van der Waals surface area contributed by atoms with Crippen molar-refractivity contribution in [2.75, 3.05) is 5.73 Å². The summed E-state index contributed by atoms with van der Waals surface area (Å²) in [4.78, 5) is 18.7. The molecule has 7 heteroatoms. The van der Waals surface area contributed by atoms with Gasteiger partial charge in [0, 0.05) is 17.5 Å². The number of rotatable bonds is 4. The molecule has 0 bridgehead atoms. The third-order valence-electron chi connectivity index (χ3n) is 3.09. The fourth-order valence-electron chi connectivity index (χ4n) is 2.03. The van der Waals surface area contributed by atoms with Crippen LogP contribution in [0.4, 0.5) is 11.5 Å². The van der Waals surface area contributed by atoms with E-state index in [1.54, 1.807) is 0 Å². The van der Waals surface area contributed by atoms with E-state index in [1.165, 1.54) is 24.3 Å². The predicted molar refractivity (Wildman–Crippen MR) is 81.4 cm³/mol. The highest BCUT2D eigenvalue weighted by Gasteiger charge is 2.07. The molecule has 0 unspecified atom stereocenters. The molecule has 2 aromatic carbocycles. The van der Waals surface area contributed by atoms with Crippen LogP contribution in [0.1, 0.15) is 5.82 Å². The van der Waals surface area contributed by atoms with Gasteiger partial charge in [-0.1, -0.05) is 12.1 Å². The van der Waals surface area contributed by atoms with Crippen molar-refractivity contribution in [3.63, 3.8) is 0 Å². The SMILES string of the molecule is Nc1nc(COc2ccc([N+](=O)[O-])cc2)nc2ccccc12. The average molecular weight is 296 g/mol. The third-order valence-corrected chi connectivity index (χ3v) is 3.09. The third kappa shape index (κ3) is 2.78. The van der Waals surface area contributed by atoms with Crippen LogP contribution in [0.15, 0.2) is 48.5 Å². The van der Waals surface area contributed by atoms with Crippen LogP contribution in [0.5, 0.6) is 5.75 Å². The molecule has 0 spiro atoms. The first-order valence-corrected chi connectivity index (χ1v) is 6.52. The number of fused-ring (bicyclic) bond motifs is 1. The van der Waals surface area contributed by atoms with E-state index < -0.39 is 4.92 Å². The number of para-hydroxylation sites is 1. The standard InChI is InChI=1S/C15H12N4O3/c16-15-12-3-1-2-4-13(12)17-14(18-15)9-22-11-7-5-10(6-8-11)19(20)21/h1-8H,9H2,(H2,16,17,18). The number of aromatic nitrogens is 2. The molecule has 0 aliphatic rings. The minimum absolute atomic E-state index is 0.0125. The van der Waals surface area contributed by atoms with Gasteiger partial charge >= 0.3 is 0 Å². The maximum absolute atomic E-state index is 10.6. The van der Waals surface area contributed by atoms with Crippen molar-refractivity contribution < 1.29 is 9.66 Å². The van der Waals surface area contributed by atoms with Gasteiger partial charge in [0.15, 0.2) is 5.82 Å². The Balaban J connectivity index is 1.77. The van der Waals surface area contributed by atoms with Crippen molar-refractivity contribution in [3.05, 3.63) is 64.5 Å². The van der Waals surface area contributed by atoms with E-state index in [4.69, 9.17) is 10.5 Å². The summed E-state index contributed by atoms with van der Waals surface area (Å²) in [6.45, 7) is 0.132. The second kappa shape index (κ2) is 5.65. The molecule has 0 saturated heterocycles. The van der Waals surface area contributed by atoms with E-state index in [0.29, 0.717) is 17.4 Å². The van der Waals surface area contributed by atoms with Crippen molar-refractivity contribution in [2.45, 2.75) is 6.61 Å². The van der Waals surface area contributed by atoms with Gasteiger partial charge in [-0.25, -0.2) is 9.97 Å². The lowest BCUT2D eigenvalue weighted by Gasteiger charge is -2.07. The average Bonchev–Trinajstić information content (AvgIpc) is 2.53. The summed E-state index contributed by atoms with van der Waals surface area (Å²) in [5.41, 5.74) is 6.66. The van der Waals surface area contributed by atoms with Gasteiger partial charge in [-0.15, -0.1) is 0 Å². The van der Waals surface area contributed by atoms with E-state index in [1.807, 2.05) is 24.3 Å². The summed E-state index contributed by atoms with van der Waals surface area (Å²) in [5.74, 6) is 1.35. The molecule has 3 rings (SSSR count). The highest BCUT2D eigenvalue weighted by atomic mass is 16.6. The second-order valence-corrected chi connectivity index (χ2v) is 4.58. The van der Waals surface area contributed by atoms with Gasteiger partial charge in [-0.2, -0.15) is 0 Å². The monoisotopic (exact) mass is 296 g/mol. The molecule has 0 fully saturated rings. The van der Waals surface area contributed by atoms with E-state index in [9.17, 15) is 10.1 Å². The van der Waals surface area contributed by atoms with Crippen LogP contribution in [-0.4, -0.2) is 14.9 Å². The van der Waals surface area contributed by atoms with Gasteiger partial charge in [-0.3, -0.25) is 10.1 Å². The summed E-state index contributed by atoms with van der Waals surface area (Å²) in [5, 5.41) is 11.4. The maximum Gasteiger partial charge on any atom is 0.269 e. The van der Waals surface area contributed by atoms with Crippen LogP contribution in [-0.2, 0) is 6.61 Å². The highest BCUT2D eigenvalue weighted by molar-refractivity contribution is 5.87. The summed E-state index contributed by atoms with van der Waals surface area (Å²) in [6.07, 6.45) is 0. The normalized spacial score (nSPS) is 10.5. The number of nitro groups is 1. The van der Waals surface area contributed by atoms with Gasteiger partial charge in [0.2, 0.25) is 0 Å². The molecule has 0 radical (unpaired) electrons. The van der Waals surface area contributed by atoms with Crippen molar-refractivity contribution in [1.82, 2.24) is 9.97 Å². The summed E-state index contributed by atoms with van der Waals surface area (Å²) >= 11 is 0. The number of nitrogens with two attached hydrogens (primary N) is 1. The van der Waals surface area contributed by atoms with Gasteiger partial charge in [-0.05, 0) is 24.3 Å². The number of benzene rings is 2. The quantitative estimate of drug-likeness (QED) is 0.586. The Hall–Kier alpha value is -3.22. The summed E-state index contributed by atoms with van der Waals surface area (Å²) in [6, 6.07) is 13.3. The fourth-order valence-corrected chi connectivity index (χ4v) is 2.03. The van der Waals surface area contributed by atoms with Crippen LogP contribution >= 0.6 is 0 Å². The molecule has 22 heavy (non-hydrogen) atoms. The van der Waals surface area contributed by atoms with Crippen molar-refractivity contribution in [3.8, 4) is 5.75 Å². The molecule has 7 nitrogen and oxygen atoms in total. The molecule has 0 aliphatic carbocycles. The molecule has 110 valence electrons. The Kier molecular flexibility index (Phi) is 3.53. The Bertz CT molecular complexity index is 834. The van der Waals surface area contributed by atoms with E-state index in [-0.39, 0.29) is 12.3 Å². The fraction of sp³-hybridized carbons (Fsp3) is 0.0667. The van der Waals surface area contributed by atoms with Crippen molar-refractivity contribution in [2.24, 2.45) is 0 Å². The molecule has 0 amide bonds. The second-order valence-electron chi connectivity index (χ2n) is 4.58. The zero-order chi connectivity index (χ0) is 15.5. The van der Waals surface area contributed by atoms with E-state index in [0.717, 1.165) is 10.9 Å². The maximum atomic E-state index is 10.6. The number of anilines is 1. The highest BCUT2D eigenvalue weighted by Crippen LogP contribution is 2.20. The van der Waals surface area contributed by atoms with Crippen LogP contribution < -0.4 is 10.5 Å². The van der Waals surface area contributed by atoms with Crippen LogP contribution in [0, 0.1) is 10.1 Å². The molecular weight excluding hydrogens is 284 g/mol. The van der Waals surface area contributed by atoms with E-state index in [2.05, 4.69) is 9.97 Å². The van der Waals surface area contributed by atoms with Crippen LogP contribution in [0.3, 0.4) is 0 Å². The van der Waals surface area contributed by atoms with Crippen LogP contribution in [0.2, 0.25) is 0 Å². The van der Waals surface area contributed by atoms with Gasteiger partial charge in [0.25, 0.3) is 5.69 Å². The van der Waals surface area contributed by atoms with Crippen molar-refractivity contribution in [1.29, 1.82) is 0 Å². The Labute approximate surface area is 125 Å². The molecular formula is C15H12N4O3. The molecule has 0 saturated carbocycles. The summed E-state index contributed by atoms with van der Waals surface area (Å²) < 4.78 is 5.53. The lowest BCUT2D eigenvalue weighted by molar-refractivity contribution is -0.384. The first-order chi connectivity index (χ1) is 10.6. The summed E-state index contributed by atoms with van der Waals surface area (Å²) in [7, 11) is 0. The number of nitrogen functional groups attached to an aromatic ring is 1. The lowest BCUT2D eigenvalue weighted by atomic mass is 10.2. The molecule has 2 N–H and O–H groups in total. The molecule has 3 aromatic rings. The molecule has 0 aliphatic heterocycles. The van der Waals surface area contributed by atoms with Crippen LogP contribution in [0.25, 0.3) is 10.9 Å². The Morgan fingerprint density at radius 3 is 2.55 bits per heavy atom. The minimum Gasteiger partial charge on any atom is -0.486 e. The van der Waals surface area contributed by atoms with E-state index >= 15 is 0 Å². The van der Waals surface area contributed by atoms with Gasteiger partial charge in [0.05, 0.1) is 10.4 Å². The smallest absolute Gasteiger partial charge is 0.269 e. The lowest BCUT2D eigenvalue weighted by Crippen LogP contribution is -2.05. The Morgan fingerprint density at radius 1 is 1.09 bits per heavy atom. The Morgan fingerprint density at radius 2 is 1.82 bits per heavy atom. The predicted octanol–water partition coefficient (Wildman–Crippen LogP) is 2.70. The number of nitro benzene ring substituents is 1. The topological polar surface area (TPSA) is 104 Å². The minimum atomic E-state index is -0.461. The number of ether oxygens (including phenoxy) is 1. The number of hydrogen-bond acceptors (Lipinski definition) is 6. The van der Waals surface area contributed by atoms with Gasteiger partial charge < -0.3 is 10.5 Å². The zero-order valence-electron chi connectivity index (χ0n) is 11.5. The van der Waals surface area contributed by atoms with Crippen molar-refractivity contribution >= 4 is 22.4 Å². The molecule has 1 aromatic heterocycles. The first-order valence-electron chi connectivity index (χ1n) is 6.52. The zero-order valence-corrected chi connectivity index (χ0v) is 11.5. The number of hydrogen-bond donors (Lipinski definition) is 1. The molecule has 1 heterocycles. The molecule has 0 atom stereocenters. The largest absolute Gasteiger partial charge is 0.486 e. The number of non-ortho nitro benzene ring substituents is 1. The van der Waals surface area contributed by atoms with Gasteiger partial charge in [0.1, 0.15) is 18.2 Å².